The first-order valence-electron chi connectivity index (χ1n) is 5.87. The summed E-state index contributed by atoms with van der Waals surface area (Å²) in [5, 5.41) is 12.8. The molecular formula is C12H15FN2O5S. The third-order valence-electron chi connectivity index (χ3n) is 3.09. The molecule has 0 unspecified atom stereocenters. The normalized spacial score (nSPS) is 12.0. The second-order valence-electron chi connectivity index (χ2n) is 5.14. The van der Waals surface area contributed by atoms with Crippen LogP contribution in [0, 0.1) is 15.9 Å². The van der Waals surface area contributed by atoms with E-state index < -0.39 is 36.9 Å². The molecule has 0 saturated heterocycles. The van der Waals surface area contributed by atoms with Gasteiger partial charge in [0.25, 0.3) is 5.91 Å². The van der Waals surface area contributed by atoms with E-state index >= 15 is 0 Å². The molecule has 0 fully saturated rings. The lowest BCUT2D eigenvalue weighted by Crippen LogP contribution is -2.43. The van der Waals surface area contributed by atoms with Gasteiger partial charge in [0.15, 0.2) is 9.84 Å². The van der Waals surface area contributed by atoms with Gasteiger partial charge in [0.2, 0.25) is 5.82 Å². The van der Waals surface area contributed by atoms with Crippen LogP contribution in [0.1, 0.15) is 24.2 Å². The number of carbonyl (C=O) groups excluding carboxylic acids is 1. The van der Waals surface area contributed by atoms with Crippen molar-refractivity contribution < 1.29 is 22.5 Å². The van der Waals surface area contributed by atoms with Crippen molar-refractivity contribution in [2.45, 2.75) is 18.6 Å². The summed E-state index contributed by atoms with van der Waals surface area (Å²) in [4.78, 5) is 21.4. The Morgan fingerprint density at radius 3 is 2.43 bits per heavy atom. The number of amides is 1. The summed E-state index contributed by atoms with van der Waals surface area (Å²) in [7, 11) is -3.38. The van der Waals surface area contributed by atoms with E-state index in [4.69, 9.17) is 0 Å². The lowest BCUT2D eigenvalue weighted by molar-refractivity contribution is -0.387. The Kier molecular flexibility index (Phi) is 4.67. The number of nitrogens with one attached hydrogen (secondary N) is 1. The van der Waals surface area contributed by atoms with Crippen LogP contribution in [0.25, 0.3) is 0 Å². The molecule has 0 spiro atoms. The lowest BCUT2D eigenvalue weighted by atomic mass is 10.1. The van der Waals surface area contributed by atoms with Gasteiger partial charge in [-0.3, -0.25) is 14.9 Å². The number of rotatable bonds is 5. The zero-order valence-electron chi connectivity index (χ0n) is 11.7. The first-order chi connectivity index (χ1) is 9.45. The number of nitro benzene ring substituents is 1. The molecule has 0 heterocycles. The van der Waals surface area contributed by atoms with Gasteiger partial charge in [-0.05, 0) is 26.0 Å². The first-order valence-corrected chi connectivity index (χ1v) is 7.76. The van der Waals surface area contributed by atoms with Crippen molar-refractivity contribution in [1.82, 2.24) is 5.32 Å². The van der Waals surface area contributed by atoms with E-state index in [1.54, 1.807) is 0 Å². The zero-order valence-corrected chi connectivity index (χ0v) is 12.5. The highest BCUT2D eigenvalue weighted by Gasteiger charge is 2.30. The smallest absolute Gasteiger partial charge is 0.304 e. The molecule has 0 aliphatic heterocycles. The van der Waals surface area contributed by atoms with E-state index in [2.05, 4.69) is 5.32 Å². The van der Waals surface area contributed by atoms with Gasteiger partial charge in [0, 0.05) is 24.4 Å². The van der Waals surface area contributed by atoms with E-state index in [-0.39, 0.29) is 12.1 Å². The Morgan fingerprint density at radius 1 is 1.43 bits per heavy atom. The molecule has 0 aliphatic rings. The predicted molar refractivity (Wildman–Crippen MR) is 74.3 cm³/mol. The van der Waals surface area contributed by atoms with Crippen molar-refractivity contribution in [3.63, 3.8) is 0 Å². The number of halogens is 1. The average molecular weight is 318 g/mol. The SMILES string of the molecule is CC(C)(CNC(=O)c1ccc([N+](=O)[O-])c(F)c1)S(C)(=O)=O. The van der Waals surface area contributed by atoms with Gasteiger partial charge in [-0.2, -0.15) is 4.39 Å². The monoisotopic (exact) mass is 318 g/mol. The molecule has 0 aliphatic carbocycles. The second kappa shape index (κ2) is 5.76. The second-order valence-corrected chi connectivity index (χ2v) is 7.79. The van der Waals surface area contributed by atoms with E-state index in [0.29, 0.717) is 0 Å². The number of sulfone groups is 1. The van der Waals surface area contributed by atoms with Crippen molar-refractivity contribution in [3.05, 3.63) is 39.7 Å². The van der Waals surface area contributed by atoms with Crippen molar-refractivity contribution in [2.75, 3.05) is 12.8 Å². The third kappa shape index (κ3) is 3.97. The predicted octanol–water partition coefficient (Wildman–Crippen LogP) is 1.29. The van der Waals surface area contributed by atoms with E-state index in [1.165, 1.54) is 13.8 Å². The molecule has 21 heavy (non-hydrogen) atoms. The molecule has 1 rings (SSSR count). The molecule has 0 bridgehead atoms. The van der Waals surface area contributed by atoms with Crippen LogP contribution < -0.4 is 5.32 Å². The van der Waals surface area contributed by atoms with Gasteiger partial charge in [0.05, 0.1) is 9.67 Å². The zero-order chi connectivity index (χ0) is 16.4. The van der Waals surface area contributed by atoms with Crippen LogP contribution in [0.5, 0.6) is 0 Å². The third-order valence-corrected chi connectivity index (χ3v) is 5.24. The Bertz CT molecular complexity index is 685. The summed E-state index contributed by atoms with van der Waals surface area (Å²) < 4.78 is 35.2. The highest BCUT2D eigenvalue weighted by atomic mass is 32.2. The Balaban J connectivity index is 2.87. The van der Waals surface area contributed by atoms with Crippen molar-refractivity contribution in [2.24, 2.45) is 0 Å². The molecule has 0 aromatic heterocycles. The van der Waals surface area contributed by atoms with Crippen molar-refractivity contribution >= 4 is 21.4 Å². The highest BCUT2D eigenvalue weighted by molar-refractivity contribution is 7.92. The quantitative estimate of drug-likeness (QED) is 0.650. The van der Waals surface area contributed by atoms with E-state index in [9.17, 15) is 27.7 Å². The number of hydrogen-bond acceptors (Lipinski definition) is 5. The Morgan fingerprint density at radius 2 is 2.00 bits per heavy atom. The van der Waals surface area contributed by atoms with Crippen LogP contribution in [0.4, 0.5) is 10.1 Å². The van der Waals surface area contributed by atoms with Crippen LogP contribution in [-0.2, 0) is 9.84 Å². The van der Waals surface area contributed by atoms with Crippen LogP contribution in [0.15, 0.2) is 18.2 Å². The molecule has 0 atom stereocenters. The maximum Gasteiger partial charge on any atom is 0.304 e. The summed E-state index contributed by atoms with van der Waals surface area (Å²) in [6.07, 6.45) is 1.05. The number of benzene rings is 1. The van der Waals surface area contributed by atoms with Crippen LogP contribution in [-0.4, -0.2) is 36.8 Å². The number of nitro groups is 1. The topological polar surface area (TPSA) is 106 Å². The van der Waals surface area contributed by atoms with Gasteiger partial charge in [0.1, 0.15) is 0 Å². The summed E-state index contributed by atoms with van der Waals surface area (Å²) in [5.74, 6) is -1.84. The maximum absolute atomic E-state index is 13.4. The van der Waals surface area contributed by atoms with Crippen LogP contribution >= 0.6 is 0 Å². The molecule has 0 saturated carbocycles. The van der Waals surface area contributed by atoms with E-state index in [0.717, 1.165) is 24.5 Å². The minimum absolute atomic E-state index is 0.123. The minimum atomic E-state index is -3.38. The number of hydrogen-bond donors (Lipinski definition) is 1. The van der Waals surface area contributed by atoms with Crippen LogP contribution in [0.3, 0.4) is 0 Å². The minimum Gasteiger partial charge on any atom is -0.350 e. The molecule has 1 amide bonds. The fraction of sp³-hybridized carbons (Fsp3) is 0.417. The fourth-order valence-electron chi connectivity index (χ4n) is 1.32. The van der Waals surface area contributed by atoms with Crippen molar-refractivity contribution in [3.8, 4) is 0 Å². The molecular weight excluding hydrogens is 303 g/mol. The van der Waals surface area contributed by atoms with Gasteiger partial charge in [-0.1, -0.05) is 0 Å². The lowest BCUT2D eigenvalue weighted by Gasteiger charge is -2.22. The van der Waals surface area contributed by atoms with Gasteiger partial charge >= 0.3 is 5.69 Å². The molecule has 1 N–H and O–H groups in total. The molecule has 0 radical (unpaired) electrons. The highest BCUT2D eigenvalue weighted by Crippen LogP contribution is 2.18. The molecule has 9 heteroatoms. The molecule has 1 aromatic rings. The number of carbonyl (C=O) groups is 1. The fourth-order valence-corrected chi connectivity index (χ4v) is 1.66. The van der Waals surface area contributed by atoms with Gasteiger partial charge < -0.3 is 5.32 Å². The molecule has 116 valence electrons. The maximum atomic E-state index is 13.4. The summed E-state index contributed by atoms with van der Waals surface area (Å²) in [6.45, 7) is 2.72. The average Bonchev–Trinajstić information content (AvgIpc) is 2.34. The van der Waals surface area contributed by atoms with Gasteiger partial charge in [-0.25, -0.2) is 8.42 Å². The van der Waals surface area contributed by atoms with Gasteiger partial charge in [-0.15, -0.1) is 0 Å². The molecule has 7 nitrogen and oxygen atoms in total. The van der Waals surface area contributed by atoms with Crippen molar-refractivity contribution in [1.29, 1.82) is 0 Å². The number of nitrogens with zero attached hydrogens (tertiary/aromatic N) is 1. The summed E-state index contributed by atoms with van der Waals surface area (Å²) in [6, 6.07) is 2.72. The Labute approximate surface area is 121 Å². The largest absolute Gasteiger partial charge is 0.350 e. The summed E-state index contributed by atoms with van der Waals surface area (Å²) in [5.41, 5.74) is -0.856. The standard InChI is InChI=1S/C12H15FN2O5S/c1-12(2,21(3,19)20)7-14-11(16)8-4-5-10(15(17)18)9(13)6-8/h4-6H,7H2,1-3H3,(H,14,16). The first kappa shape index (κ1) is 17.0. The van der Waals surface area contributed by atoms with E-state index in [1.807, 2.05) is 0 Å². The van der Waals surface area contributed by atoms with Crippen LogP contribution in [0.2, 0.25) is 0 Å². The summed E-state index contributed by atoms with van der Waals surface area (Å²) >= 11 is 0. The molecule has 1 aromatic carbocycles. The Hall–Kier alpha value is -2.03.